The first-order valence-corrected chi connectivity index (χ1v) is 7.70. The van der Waals surface area contributed by atoms with Gasteiger partial charge in [0.25, 0.3) is 0 Å². The van der Waals surface area contributed by atoms with E-state index in [1.54, 1.807) is 6.92 Å². The van der Waals surface area contributed by atoms with E-state index in [2.05, 4.69) is 18.4 Å². The summed E-state index contributed by atoms with van der Waals surface area (Å²) in [6.07, 6.45) is 4.00. The molecule has 0 saturated heterocycles. The Hall–Kier alpha value is -0.760. The molecule has 1 saturated carbocycles. The fraction of sp³-hybridized carbons (Fsp3) is 0.688. The van der Waals surface area contributed by atoms with E-state index in [4.69, 9.17) is 11.6 Å². The molecule has 19 heavy (non-hydrogen) atoms. The SMILES string of the molecule is Cc1cc(C(=O)C(C)Cl)c(C)n1CC1CCCC1C. The monoisotopic (exact) mass is 281 g/mol. The van der Waals surface area contributed by atoms with Crippen LogP contribution in [0.5, 0.6) is 0 Å². The van der Waals surface area contributed by atoms with Gasteiger partial charge in [-0.05, 0) is 45.1 Å². The summed E-state index contributed by atoms with van der Waals surface area (Å²) >= 11 is 5.93. The topological polar surface area (TPSA) is 22.0 Å². The third kappa shape index (κ3) is 2.89. The van der Waals surface area contributed by atoms with Crippen LogP contribution in [0.3, 0.4) is 0 Å². The second kappa shape index (κ2) is 5.70. The zero-order chi connectivity index (χ0) is 14.2. The zero-order valence-electron chi connectivity index (χ0n) is 12.4. The first kappa shape index (κ1) is 14.6. The van der Waals surface area contributed by atoms with Crippen molar-refractivity contribution in [3.05, 3.63) is 23.0 Å². The molecule has 0 N–H and O–H groups in total. The van der Waals surface area contributed by atoms with Crippen LogP contribution in [-0.2, 0) is 6.54 Å². The summed E-state index contributed by atoms with van der Waals surface area (Å²) in [4.78, 5) is 12.1. The average molecular weight is 282 g/mol. The molecule has 0 aliphatic heterocycles. The van der Waals surface area contributed by atoms with Gasteiger partial charge >= 0.3 is 0 Å². The minimum Gasteiger partial charge on any atom is -0.348 e. The third-order valence-corrected chi connectivity index (χ3v) is 4.85. The Bertz CT molecular complexity index is 475. The summed E-state index contributed by atoms with van der Waals surface area (Å²) in [6, 6.07) is 2.00. The highest BCUT2D eigenvalue weighted by atomic mass is 35.5. The molecule has 3 atom stereocenters. The molecule has 3 unspecified atom stereocenters. The van der Waals surface area contributed by atoms with Gasteiger partial charge in [0, 0.05) is 23.5 Å². The molecule has 3 heteroatoms. The fourth-order valence-corrected chi connectivity index (χ4v) is 3.39. The number of carbonyl (C=O) groups is 1. The quantitative estimate of drug-likeness (QED) is 0.594. The van der Waals surface area contributed by atoms with Gasteiger partial charge in [0.2, 0.25) is 0 Å². The van der Waals surface area contributed by atoms with Crippen molar-refractivity contribution in [1.29, 1.82) is 0 Å². The van der Waals surface area contributed by atoms with Gasteiger partial charge in [-0.25, -0.2) is 0 Å². The summed E-state index contributed by atoms with van der Waals surface area (Å²) < 4.78 is 2.30. The zero-order valence-corrected chi connectivity index (χ0v) is 13.1. The predicted molar refractivity (Wildman–Crippen MR) is 80.1 cm³/mol. The maximum atomic E-state index is 12.1. The average Bonchev–Trinajstić information content (AvgIpc) is 2.87. The molecule has 1 fully saturated rings. The van der Waals surface area contributed by atoms with E-state index in [-0.39, 0.29) is 5.78 Å². The van der Waals surface area contributed by atoms with Gasteiger partial charge in [-0.2, -0.15) is 0 Å². The van der Waals surface area contributed by atoms with Crippen LogP contribution in [0, 0.1) is 25.7 Å². The number of alkyl halides is 1. The minimum absolute atomic E-state index is 0.0421. The van der Waals surface area contributed by atoms with Gasteiger partial charge in [0.15, 0.2) is 5.78 Å². The fourth-order valence-electron chi connectivity index (χ4n) is 3.27. The Kier molecular flexibility index (Phi) is 4.39. The van der Waals surface area contributed by atoms with Crippen LogP contribution in [0.4, 0.5) is 0 Å². The van der Waals surface area contributed by atoms with Crippen LogP contribution < -0.4 is 0 Å². The van der Waals surface area contributed by atoms with Crippen molar-refractivity contribution < 1.29 is 4.79 Å². The van der Waals surface area contributed by atoms with E-state index < -0.39 is 5.38 Å². The largest absolute Gasteiger partial charge is 0.348 e. The molecule has 0 bridgehead atoms. The molecule has 1 heterocycles. The van der Waals surface area contributed by atoms with Crippen molar-refractivity contribution in [3.8, 4) is 0 Å². The Morgan fingerprint density at radius 1 is 1.47 bits per heavy atom. The molecule has 0 amide bonds. The highest BCUT2D eigenvalue weighted by molar-refractivity contribution is 6.33. The first-order valence-electron chi connectivity index (χ1n) is 7.26. The van der Waals surface area contributed by atoms with Crippen molar-refractivity contribution in [1.82, 2.24) is 4.57 Å². The Balaban J connectivity index is 2.24. The third-order valence-electron chi connectivity index (χ3n) is 4.66. The molecular formula is C16H24ClNO. The Morgan fingerprint density at radius 2 is 2.16 bits per heavy atom. The van der Waals surface area contributed by atoms with Crippen molar-refractivity contribution in [3.63, 3.8) is 0 Å². The van der Waals surface area contributed by atoms with Crippen molar-refractivity contribution in [2.75, 3.05) is 0 Å². The van der Waals surface area contributed by atoms with Crippen molar-refractivity contribution in [2.45, 2.75) is 58.9 Å². The maximum absolute atomic E-state index is 12.1. The highest BCUT2D eigenvalue weighted by Gasteiger charge is 2.26. The van der Waals surface area contributed by atoms with Crippen LogP contribution in [-0.4, -0.2) is 15.7 Å². The number of aryl methyl sites for hydroxylation is 1. The van der Waals surface area contributed by atoms with E-state index in [1.807, 2.05) is 13.0 Å². The number of Topliss-reactive ketones (excluding diaryl/α,β-unsaturated/α-hetero) is 1. The standard InChI is InChI=1S/C16H24ClNO/c1-10-6-5-7-14(10)9-18-11(2)8-15(13(18)4)16(19)12(3)17/h8,10,12,14H,5-7,9H2,1-4H3. The number of halogens is 1. The van der Waals surface area contributed by atoms with E-state index in [0.29, 0.717) is 0 Å². The normalized spacial score (nSPS) is 24.7. The number of aromatic nitrogens is 1. The molecule has 1 aliphatic rings. The molecule has 2 rings (SSSR count). The lowest BCUT2D eigenvalue weighted by atomic mass is 9.98. The van der Waals surface area contributed by atoms with Crippen LogP contribution in [0.25, 0.3) is 0 Å². The Labute approximate surface area is 121 Å². The highest BCUT2D eigenvalue weighted by Crippen LogP contribution is 2.33. The summed E-state index contributed by atoms with van der Waals surface area (Å²) in [5.41, 5.74) is 3.05. The lowest BCUT2D eigenvalue weighted by molar-refractivity contribution is 0.0991. The predicted octanol–water partition coefficient (Wildman–Crippen LogP) is 4.35. The van der Waals surface area contributed by atoms with Crippen molar-refractivity contribution >= 4 is 17.4 Å². The smallest absolute Gasteiger partial charge is 0.182 e. The number of rotatable bonds is 4. The Morgan fingerprint density at radius 3 is 2.68 bits per heavy atom. The van der Waals surface area contributed by atoms with Gasteiger partial charge in [-0.1, -0.05) is 19.8 Å². The molecule has 1 aliphatic carbocycles. The van der Waals surface area contributed by atoms with E-state index >= 15 is 0 Å². The summed E-state index contributed by atoms with van der Waals surface area (Å²) in [5, 5.41) is -0.445. The number of carbonyl (C=O) groups excluding carboxylic acids is 1. The number of hydrogen-bond donors (Lipinski definition) is 0. The van der Waals surface area contributed by atoms with E-state index in [0.717, 1.165) is 29.6 Å². The van der Waals surface area contributed by atoms with Gasteiger partial charge < -0.3 is 4.57 Å². The van der Waals surface area contributed by atoms with E-state index in [1.165, 1.54) is 25.0 Å². The summed E-state index contributed by atoms with van der Waals surface area (Å²) in [5.74, 6) is 1.59. The van der Waals surface area contributed by atoms with Crippen LogP contribution >= 0.6 is 11.6 Å². The second-order valence-electron chi connectivity index (χ2n) is 6.04. The maximum Gasteiger partial charge on any atom is 0.182 e. The van der Waals surface area contributed by atoms with Gasteiger partial charge in [-0.3, -0.25) is 4.79 Å². The van der Waals surface area contributed by atoms with Crippen LogP contribution in [0.15, 0.2) is 6.07 Å². The van der Waals surface area contributed by atoms with Gasteiger partial charge in [-0.15, -0.1) is 11.6 Å². The molecule has 1 aromatic rings. The number of nitrogens with zero attached hydrogens (tertiary/aromatic N) is 1. The first-order chi connectivity index (χ1) is 8.91. The lowest BCUT2D eigenvalue weighted by Crippen LogP contribution is -2.16. The van der Waals surface area contributed by atoms with Gasteiger partial charge in [0.05, 0.1) is 5.38 Å². The molecule has 1 aromatic heterocycles. The summed E-state index contributed by atoms with van der Waals surface area (Å²) in [7, 11) is 0. The van der Waals surface area contributed by atoms with Crippen LogP contribution in [0.1, 0.15) is 54.9 Å². The number of ketones is 1. The molecular weight excluding hydrogens is 258 g/mol. The summed E-state index contributed by atoms with van der Waals surface area (Å²) in [6.45, 7) is 9.26. The van der Waals surface area contributed by atoms with Crippen LogP contribution in [0.2, 0.25) is 0 Å². The molecule has 106 valence electrons. The van der Waals surface area contributed by atoms with Crippen molar-refractivity contribution in [2.24, 2.45) is 11.8 Å². The second-order valence-corrected chi connectivity index (χ2v) is 6.70. The molecule has 2 nitrogen and oxygen atoms in total. The molecule has 0 spiro atoms. The number of hydrogen-bond acceptors (Lipinski definition) is 1. The van der Waals surface area contributed by atoms with E-state index in [9.17, 15) is 4.79 Å². The molecule has 0 radical (unpaired) electrons. The van der Waals surface area contributed by atoms with Gasteiger partial charge in [0.1, 0.15) is 0 Å². The minimum atomic E-state index is -0.445. The molecule has 0 aromatic carbocycles. The lowest BCUT2D eigenvalue weighted by Gasteiger charge is -2.19.